The lowest BCUT2D eigenvalue weighted by Gasteiger charge is -2.22. The SMILES string of the molecule is CCC(=O)N1CSC[C@H]1C(=O)NCc1cnn(-c2ccccc2)c1. The van der Waals surface area contributed by atoms with Crippen molar-refractivity contribution in [1.29, 1.82) is 0 Å². The number of aromatic nitrogens is 2. The van der Waals surface area contributed by atoms with Gasteiger partial charge in [0.25, 0.3) is 0 Å². The van der Waals surface area contributed by atoms with E-state index in [4.69, 9.17) is 0 Å². The van der Waals surface area contributed by atoms with E-state index < -0.39 is 0 Å². The first-order chi connectivity index (χ1) is 11.7. The molecule has 2 heterocycles. The van der Waals surface area contributed by atoms with Crippen LogP contribution in [-0.4, -0.2) is 44.2 Å². The Morgan fingerprint density at radius 1 is 1.33 bits per heavy atom. The predicted molar refractivity (Wildman–Crippen MR) is 93.7 cm³/mol. The molecule has 0 aliphatic carbocycles. The highest BCUT2D eigenvalue weighted by Crippen LogP contribution is 2.21. The number of carbonyl (C=O) groups is 2. The largest absolute Gasteiger partial charge is 0.350 e. The average molecular weight is 344 g/mol. The number of hydrogen-bond donors (Lipinski definition) is 1. The summed E-state index contributed by atoms with van der Waals surface area (Å²) >= 11 is 1.61. The fourth-order valence-corrected chi connectivity index (χ4v) is 3.77. The molecule has 24 heavy (non-hydrogen) atoms. The van der Waals surface area contributed by atoms with Crippen LogP contribution in [0.1, 0.15) is 18.9 Å². The van der Waals surface area contributed by atoms with Gasteiger partial charge in [0.1, 0.15) is 6.04 Å². The van der Waals surface area contributed by atoms with E-state index in [9.17, 15) is 9.59 Å². The van der Waals surface area contributed by atoms with Crippen molar-refractivity contribution in [3.8, 4) is 5.69 Å². The number of benzene rings is 1. The molecule has 1 aromatic carbocycles. The van der Waals surface area contributed by atoms with Crippen molar-refractivity contribution < 1.29 is 9.59 Å². The quantitative estimate of drug-likeness (QED) is 0.898. The fraction of sp³-hybridized carbons (Fsp3) is 0.353. The zero-order chi connectivity index (χ0) is 16.9. The number of thioether (sulfide) groups is 1. The van der Waals surface area contributed by atoms with Crippen molar-refractivity contribution >= 4 is 23.6 Å². The van der Waals surface area contributed by atoms with Gasteiger partial charge in [-0.05, 0) is 12.1 Å². The van der Waals surface area contributed by atoms with Gasteiger partial charge in [-0.2, -0.15) is 5.10 Å². The number of para-hydroxylation sites is 1. The summed E-state index contributed by atoms with van der Waals surface area (Å²) in [5.74, 6) is 1.17. The number of hydrogen-bond acceptors (Lipinski definition) is 4. The standard InChI is InChI=1S/C17H20N4O2S/c1-2-16(22)20-12-24-11-15(20)17(23)18-8-13-9-19-21(10-13)14-6-4-3-5-7-14/h3-7,9-10,15H,2,8,11-12H2,1H3,(H,18,23)/t15-/m0/s1. The molecule has 2 amide bonds. The Morgan fingerprint density at radius 3 is 2.88 bits per heavy atom. The second-order valence-electron chi connectivity index (χ2n) is 5.58. The normalized spacial score (nSPS) is 17.0. The minimum absolute atomic E-state index is 0.0250. The maximum Gasteiger partial charge on any atom is 0.243 e. The minimum atomic E-state index is -0.369. The van der Waals surface area contributed by atoms with E-state index in [2.05, 4.69) is 10.4 Å². The summed E-state index contributed by atoms with van der Waals surface area (Å²) in [5, 5.41) is 7.23. The zero-order valence-corrected chi connectivity index (χ0v) is 14.3. The van der Waals surface area contributed by atoms with E-state index in [1.165, 1.54) is 0 Å². The summed E-state index contributed by atoms with van der Waals surface area (Å²) in [6, 6.07) is 9.44. The summed E-state index contributed by atoms with van der Waals surface area (Å²) in [7, 11) is 0. The van der Waals surface area contributed by atoms with Crippen LogP contribution in [0.2, 0.25) is 0 Å². The predicted octanol–water partition coefficient (Wildman–Crippen LogP) is 1.80. The lowest BCUT2D eigenvalue weighted by atomic mass is 10.2. The molecule has 3 rings (SSSR count). The van der Waals surface area contributed by atoms with Crippen LogP contribution in [0.3, 0.4) is 0 Å². The number of rotatable bonds is 5. The Hall–Kier alpha value is -2.28. The van der Waals surface area contributed by atoms with E-state index in [-0.39, 0.29) is 17.9 Å². The van der Waals surface area contributed by atoms with Crippen molar-refractivity contribution in [3.05, 3.63) is 48.3 Å². The third-order valence-corrected chi connectivity index (χ3v) is 4.94. The number of amides is 2. The molecule has 1 N–H and O–H groups in total. The van der Waals surface area contributed by atoms with Crippen LogP contribution in [0.15, 0.2) is 42.7 Å². The van der Waals surface area contributed by atoms with Gasteiger partial charge in [-0.3, -0.25) is 9.59 Å². The van der Waals surface area contributed by atoms with E-state index in [0.717, 1.165) is 11.3 Å². The van der Waals surface area contributed by atoms with Crippen LogP contribution in [0.25, 0.3) is 5.69 Å². The molecule has 0 saturated carbocycles. The van der Waals surface area contributed by atoms with Crippen LogP contribution >= 0.6 is 11.8 Å². The Bertz CT molecular complexity index is 716. The molecule has 0 bridgehead atoms. The van der Waals surface area contributed by atoms with Gasteiger partial charge in [0.15, 0.2) is 0 Å². The fourth-order valence-electron chi connectivity index (χ4n) is 2.59. The van der Waals surface area contributed by atoms with Gasteiger partial charge in [0.05, 0.1) is 17.8 Å². The molecular formula is C17H20N4O2S. The average Bonchev–Trinajstić information content (AvgIpc) is 3.29. The van der Waals surface area contributed by atoms with Crippen LogP contribution in [0, 0.1) is 0 Å². The third-order valence-electron chi connectivity index (χ3n) is 3.93. The van der Waals surface area contributed by atoms with E-state index in [1.807, 2.05) is 43.5 Å². The Balaban J connectivity index is 1.59. The van der Waals surface area contributed by atoms with Crippen molar-refractivity contribution in [2.45, 2.75) is 25.9 Å². The van der Waals surface area contributed by atoms with Crippen molar-refractivity contribution in [2.75, 3.05) is 11.6 Å². The van der Waals surface area contributed by atoms with Gasteiger partial charge in [-0.25, -0.2) is 4.68 Å². The Labute approximate surface area is 145 Å². The highest BCUT2D eigenvalue weighted by atomic mass is 32.2. The lowest BCUT2D eigenvalue weighted by molar-refractivity contribution is -0.137. The lowest BCUT2D eigenvalue weighted by Crippen LogP contribution is -2.46. The smallest absolute Gasteiger partial charge is 0.243 e. The molecule has 1 fully saturated rings. The van der Waals surface area contributed by atoms with Crippen molar-refractivity contribution in [2.24, 2.45) is 0 Å². The topological polar surface area (TPSA) is 67.2 Å². The molecule has 1 aliphatic rings. The van der Waals surface area contributed by atoms with Gasteiger partial charge in [0.2, 0.25) is 11.8 Å². The zero-order valence-electron chi connectivity index (χ0n) is 13.5. The molecule has 1 aliphatic heterocycles. The van der Waals surface area contributed by atoms with Gasteiger partial charge in [-0.1, -0.05) is 25.1 Å². The third kappa shape index (κ3) is 3.62. The molecule has 1 saturated heterocycles. The molecule has 1 atom stereocenters. The highest BCUT2D eigenvalue weighted by molar-refractivity contribution is 7.99. The van der Waals surface area contributed by atoms with Crippen molar-refractivity contribution in [1.82, 2.24) is 20.0 Å². The highest BCUT2D eigenvalue weighted by Gasteiger charge is 2.33. The molecule has 1 aromatic heterocycles. The summed E-state index contributed by atoms with van der Waals surface area (Å²) in [5.41, 5.74) is 1.90. The maximum absolute atomic E-state index is 12.4. The van der Waals surface area contributed by atoms with Gasteiger partial charge in [0, 0.05) is 30.5 Å². The molecule has 0 unspecified atom stereocenters. The molecule has 2 aromatic rings. The summed E-state index contributed by atoms with van der Waals surface area (Å²) in [4.78, 5) is 25.9. The first kappa shape index (κ1) is 16.6. The van der Waals surface area contributed by atoms with Gasteiger partial charge in [-0.15, -0.1) is 11.8 Å². The first-order valence-electron chi connectivity index (χ1n) is 7.93. The maximum atomic E-state index is 12.4. The molecule has 0 radical (unpaired) electrons. The second-order valence-corrected chi connectivity index (χ2v) is 6.58. The van der Waals surface area contributed by atoms with Crippen molar-refractivity contribution in [3.63, 3.8) is 0 Å². The Morgan fingerprint density at radius 2 is 2.12 bits per heavy atom. The molecule has 0 spiro atoms. The molecule has 6 nitrogen and oxygen atoms in total. The van der Waals surface area contributed by atoms with Crippen LogP contribution < -0.4 is 5.32 Å². The van der Waals surface area contributed by atoms with Crippen LogP contribution in [0.5, 0.6) is 0 Å². The van der Waals surface area contributed by atoms with E-state index in [1.54, 1.807) is 27.5 Å². The van der Waals surface area contributed by atoms with E-state index >= 15 is 0 Å². The van der Waals surface area contributed by atoms with Crippen LogP contribution in [-0.2, 0) is 16.1 Å². The number of nitrogens with one attached hydrogen (secondary N) is 1. The minimum Gasteiger partial charge on any atom is -0.350 e. The monoisotopic (exact) mass is 344 g/mol. The molecule has 126 valence electrons. The van der Waals surface area contributed by atoms with Crippen LogP contribution in [0.4, 0.5) is 0 Å². The number of nitrogens with zero attached hydrogens (tertiary/aromatic N) is 3. The summed E-state index contributed by atoms with van der Waals surface area (Å²) < 4.78 is 1.78. The summed E-state index contributed by atoms with van der Waals surface area (Å²) in [6.45, 7) is 2.22. The summed E-state index contributed by atoms with van der Waals surface area (Å²) in [6.07, 6.45) is 4.06. The Kier molecular flexibility index (Phi) is 5.20. The van der Waals surface area contributed by atoms with Gasteiger partial charge < -0.3 is 10.2 Å². The number of carbonyl (C=O) groups excluding carboxylic acids is 2. The second kappa shape index (κ2) is 7.53. The van der Waals surface area contributed by atoms with Gasteiger partial charge >= 0.3 is 0 Å². The van der Waals surface area contributed by atoms with E-state index in [0.29, 0.717) is 24.6 Å². The molecular weight excluding hydrogens is 324 g/mol. The molecule has 7 heteroatoms. The first-order valence-corrected chi connectivity index (χ1v) is 9.08.